The van der Waals surface area contributed by atoms with E-state index in [4.69, 9.17) is 9.47 Å². The Balaban J connectivity index is 1.64. The minimum Gasteiger partial charge on any atom is -0.492 e. The highest BCUT2D eigenvalue weighted by Crippen LogP contribution is 2.16. The van der Waals surface area contributed by atoms with E-state index in [2.05, 4.69) is 55.3 Å². The molecule has 0 saturated carbocycles. The zero-order valence-corrected chi connectivity index (χ0v) is 17.7. The zero-order chi connectivity index (χ0) is 19.3. The number of benzene rings is 1. The van der Waals surface area contributed by atoms with Gasteiger partial charge in [0.25, 0.3) is 0 Å². The molecule has 0 amide bonds. The van der Waals surface area contributed by atoms with Crippen molar-refractivity contribution in [1.82, 2.24) is 10.2 Å². The van der Waals surface area contributed by atoms with Gasteiger partial charge >= 0.3 is 0 Å². The summed E-state index contributed by atoms with van der Waals surface area (Å²) in [5.41, 5.74) is 1.38. The van der Waals surface area contributed by atoms with E-state index in [1.165, 1.54) is 37.8 Å². The maximum absolute atomic E-state index is 6.04. The van der Waals surface area contributed by atoms with Crippen LogP contribution in [0.1, 0.15) is 58.4 Å². The SMILES string of the molecule is CCOCCCCCc1cccc(OCCN2CCCC(NC(C)C)C2)c1. The van der Waals surface area contributed by atoms with E-state index in [0.717, 1.165) is 51.5 Å². The van der Waals surface area contributed by atoms with Crippen molar-refractivity contribution in [2.24, 2.45) is 0 Å². The molecule has 0 radical (unpaired) electrons. The van der Waals surface area contributed by atoms with Crippen LogP contribution in [0, 0.1) is 0 Å². The molecule has 1 heterocycles. The molecule has 1 aromatic rings. The standard InChI is InChI=1S/C23H40N2O2/c1-4-26-16-7-5-6-10-21-11-8-13-23(18-21)27-17-15-25-14-9-12-22(19-25)24-20(2)3/h8,11,13,18,20,22,24H,4-7,9-10,12,14-17,19H2,1-3H3. The number of hydrogen-bond donors (Lipinski definition) is 1. The summed E-state index contributed by atoms with van der Waals surface area (Å²) in [6.45, 7) is 12.4. The van der Waals surface area contributed by atoms with E-state index in [0.29, 0.717) is 12.1 Å². The number of nitrogens with one attached hydrogen (secondary N) is 1. The molecule has 1 fully saturated rings. The minimum atomic E-state index is 0.563. The van der Waals surface area contributed by atoms with Crippen LogP contribution in [0.5, 0.6) is 5.75 Å². The van der Waals surface area contributed by atoms with Crippen molar-refractivity contribution in [3.63, 3.8) is 0 Å². The largest absolute Gasteiger partial charge is 0.492 e. The summed E-state index contributed by atoms with van der Waals surface area (Å²) < 4.78 is 11.4. The summed E-state index contributed by atoms with van der Waals surface area (Å²) in [5.74, 6) is 1.01. The molecule has 0 aliphatic carbocycles. The average Bonchev–Trinajstić information content (AvgIpc) is 2.65. The monoisotopic (exact) mass is 376 g/mol. The van der Waals surface area contributed by atoms with E-state index < -0.39 is 0 Å². The van der Waals surface area contributed by atoms with Crippen LogP contribution in [0.25, 0.3) is 0 Å². The maximum atomic E-state index is 6.04. The molecule has 0 spiro atoms. The summed E-state index contributed by atoms with van der Waals surface area (Å²) in [5, 5.41) is 3.67. The molecule has 1 aliphatic rings. The molecule has 1 atom stereocenters. The van der Waals surface area contributed by atoms with Gasteiger partial charge in [-0.3, -0.25) is 4.90 Å². The van der Waals surface area contributed by atoms with Crippen LogP contribution in [0.3, 0.4) is 0 Å². The topological polar surface area (TPSA) is 33.7 Å². The van der Waals surface area contributed by atoms with Gasteiger partial charge in [-0.1, -0.05) is 32.4 Å². The molecular formula is C23H40N2O2. The molecule has 4 heteroatoms. The first-order valence-corrected chi connectivity index (χ1v) is 10.9. The Morgan fingerprint density at radius 1 is 1.19 bits per heavy atom. The van der Waals surface area contributed by atoms with Crippen molar-refractivity contribution < 1.29 is 9.47 Å². The summed E-state index contributed by atoms with van der Waals surface area (Å²) in [7, 11) is 0. The molecule has 27 heavy (non-hydrogen) atoms. The number of likely N-dealkylation sites (tertiary alicyclic amines) is 1. The van der Waals surface area contributed by atoms with Crippen molar-refractivity contribution in [3.8, 4) is 5.75 Å². The summed E-state index contributed by atoms with van der Waals surface area (Å²) in [6.07, 6.45) is 7.30. The van der Waals surface area contributed by atoms with Gasteiger partial charge in [-0.25, -0.2) is 0 Å². The number of ether oxygens (including phenoxy) is 2. The van der Waals surface area contributed by atoms with E-state index in [1.807, 2.05) is 0 Å². The van der Waals surface area contributed by atoms with Gasteiger partial charge in [0.2, 0.25) is 0 Å². The highest BCUT2D eigenvalue weighted by atomic mass is 16.5. The van der Waals surface area contributed by atoms with E-state index in [1.54, 1.807) is 0 Å². The molecule has 2 rings (SSSR count). The molecule has 1 unspecified atom stereocenters. The van der Waals surface area contributed by atoms with Gasteiger partial charge in [0.1, 0.15) is 12.4 Å². The fraction of sp³-hybridized carbons (Fsp3) is 0.739. The normalized spacial score (nSPS) is 18.1. The van der Waals surface area contributed by atoms with Gasteiger partial charge in [0, 0.05) is 38.4 Å². The predicted molar refractivity (Wildman–Crippen MR) is 114 cm³/mol. The van der Waals surface area contributed by atoms with Crippen LogP contribution < -0.4 is 10.1 Å². The number of nitrogens with zero attached hydrogens (tertiary/aromatic N) is 1. The molecule has 4 nitrogen and oxygen atoms in total. The Bertz CT molecular complexity index is 507. The molecule has 0 bridgehead atoms. The van der Waals surface area contributed by atoms with Gasteiger partial charge < -0.3 is 14.8 Å². The third-order valence-corrected chi connectivity index (χ3v) is 5.11. The lowest BCUT2D eigenvalue weighted by atomic mass is 10.1. The van der Waals surface area contributed by atoms with E-state index >= 15 is 0 Å². The molecule has 154 valence electrons. The third kappa shape index (κ3) is 9.59. The maximum Gasteiger partial charge on any atom is 0.119 e. The Hall–Kier alpha value is -1.10. The highest BCUT2D eigenvalue weighted by Gasteiger charge is 2.19. The number of hydrogen-bond acceptors (Lipinski definition) is 4. The van der Waals surface area contributed by atoms with Crippen LogP contribution in [0.2, 0.25) is 0 Å². The van der Waals surface area contributed by atoms with E-state index in [-0.39, 0.29) is 0 Å². The van der Waals surface area contributed by atoms with Gasteiger partial charge in [-0.15, -0.1) is 0 Å². The lowest BCUT2D eigenvalue weighted by Crippen LogP contribution is -2.48. The number of aryl methyl sites for hydroxylation is 1. The number of piperidine rings is 1. The van der Waals surface area contributed by atoms with Crippen LogP contribution in [0.15, 0.2) is 24.3 Å². The molecule has 1 N–H and O–H groups in total. The van der Waals surface area contributed by atoms with Crippen molar-refractivity contribution in [2.75, 3.05) is 39.5 Å². The van der Waals surface area contributed by atoms with Crippen LogP contribution in [-0.2, 0) is 11.2 Å². The van der Waals surface area contributed by atoms with Gasteiger partial charge in [-0.2, -0.15) is 0 Å². The van der Waals surface area contributed by atoms with Crippen LogP contribution in [0.4, 0.5) is 0 Å². The summed E-state index contributed by atoms with van der Waals surface area (Å²) in [6, 6.07) is 9.81. The smallest absolute Gasteiger partial charge is 0.119 e. The summed E-state index contributed by atoms with van der Waals surface area (Å²) in [4.78, 5) is 2.53. The Morgan fingerprint density at radius 2 is 2.07 bits per heavy atom. The first kappa shape index (κ1) is 22.2. The fourth-order valence-electron chi connectivity index (χ4n) is 3.80. The van der Waals surface area contributed by atoms with Crippen LogP contribution in [-0.4, -0.2) is 56.4 Å². The number of unbranched alkanes of at least 4 members (excludes halogenated alkanes) is 2. The first-order chi connectivity index (χ1) is 13.2. The van der Waals surface area contributed by atoms with Gasteiger partial charge in [-0.05, 0) is 63.3 Å². The van der Waals surface area contributed by atoms with Crippen LogP contribution >= 0.6 is 0 Å². The minimum absolute atomic E-state index is 0.563. The van der Waals surface area contributed by atoms with Crippen molar-refractivity contribution in [3.05, 3.63) is 29.8 Å². The second-order valence-electron chi connectivity index (χ2n) is 7.96. The second-order valence-corrected chi connectivity index (χ2v) is 7.96. The lowest BCUT2D eigenvalue weighted by molar-refractivity contribution is 0.143. The first-order valence-electron chi connectivity index (χ1n) is 10.9. The van der Waals surface area contributed by atoms with Gasteiger partial charge in [0.15, 0.2) is 0 Å². The second kappa shape index (κ2) is 13.1. The lowest BCUT2D eigenvalue weighted by Gasteiger charge is -2.34. The fourth-order valence-corrected chi connectivity index (χ4v) is 3.80. The Morgan fingerprint density at radius 3 is 2.89 bits per heavy atom. The molecule has 0 aromatic heterocycles. The average molecular weight is 377 g/mol. The molecular weight excluding hydrogens is 336 g/mol. The number of rotatable bonds is 13. The van der Waals surface area contributed by atoms with Crippen molar-refractivity contribution in [1.29, 1.82) is 0 Å². The molecule has 1 aliphatic heterocycles. The molecule has 1 saturated heterocycles. The predicted octanol–water partition coefficient (Wildman–Crippen LogP) is 4.28. The zero-order valence-electron chi connectivity index (χ0n) is 17.7. The van der Waals surface area contributed by atoms with Crippen molar-refractivity contribution in [2.45, 2.75) is 71.4 Å². The molecule has 1 aromatic carbocycles. The van der Waals surface area contributed by atoms with Crippen molar-refractivity contribution >= 4 is 0 Å². The highest BCUT2D eigenvalue weighted by molar-refractivity contribution is 5.28. The van der Waals surface area contributed by atoms with Gasteiger partial charge in [0.05, 0.1) is 0 Å². The van der Waals surface area contributed by atoms with E-state index in [9.17, 15) is 0 Å². The third-order valence-electron chi connectivity index (χ3n) is 5.11. The Kier molecular flexibility index (Phi) is 10.8. The quantitative estimate of drug-likeness (QED) is 0.521. The Labute approximate surface area is 166 Å². The summed E-state index contributed by atoms with van der Waals surface area (Å²) >= 11 is 0.